The molecule has 0 aliphatic rings. The summed E-state index contributed by atoms with van der Waals surface area (Å²) in [4.78, 5) is 0. The zero-order valence-corrected chi connectivity index (χ0v) is 9.93. The third kappa shape index (κ3) is 3.65. The van der Waals surface area contributed by atoms with E-state index in [0.717, 1.165) is 17.9 Å². The molecule has 1 aromatic carbocycles. The summed E-state index contributed by atoms with van der Waals surface area (Å²) in [7, 11) is 0. The maximum Gasteiger partial charge on any atom is 0.174 e. The van der Waals surface area contributed by atoms with Crippen LogP contribution in [0.1, 0.15) is 11.3 Å². The molecule has 0 aliphatic heterocycles. The van der Waals surface area contributed by atoms with Crippen LogP contribution >= 0.6 is 0 Å². The van der Waals surface area contributed by atoms with Crippen LogP contribution in [0.15, 0.2) is 47.1 Å². The zero-order chi connectivity index (χ0) is 12.6. The van der Waals surface area contributed by atoms with Crippen molar-refractivity contribution in [3.63, 3.8) is 0 Å². The van der Waals surface area contributed by atoms with Crippen LogP contribution in [-0.2, 0) is 13.1 Å². The quantitative estimate of drug-likeness (QED) is 0.845. The molecule has 0 aliphatic carbocycles. The number of nitriles is 1. The third-order valence-electron chi connectivity index (χ3n) is 2.44. The fourth-order valence-corrected chi connectivity index (χ4v) is 1.56. The van der Waals surface area contributed by atoms with Crippen molar-refractivity contribution in [3.05, 3.63) is 54.0 Å². The van der Waals surface area contributed by atoms with E-state index in [-0.39, 0.29) is 6.61 Å². The van der Waals surface area contributed by atoms with Gasteiger partial charge in [0.15, 0.2) is 6.61 Å². The predicted molar refractivity (Wildman–Crippen MR) is 66.8 cm³/mol. The molecule has 0 spiro atoms. The lowest BCUT2D eigenvalue weighted by molar-refractivity contribution is 0.368. The SMILES string of the molecule is N#CCOc1ccc(CNCc2ccco2)cc1. The predicted octanol–water partition coefficient (Wildman–Crippen LogP) is 2.47. The van der Waals surface area contributed by atoms with E-state index in [2.05, 4.69) is 5.32 Å². The first kappa shape index (κ1) is 12.2. The molecule has 0 atom stereocenters. The lowest BCUT2D eigenvalue weighted by Crippen LogP contribution is -2.11. The number of hydrogen-bond donors (Lipinski definition) is 1. The van der Waals surface area contributed by atoms with Crippen molar-refractivity contribution in [2.24, 2.45) is 0 Å². The molecule has 0 unspecified atom stereocenters. The van der Waals surface area contributed by atoms with E-state index < -0.39 is 0 Å². The Kier molecular flexibility index (Phi) is 4.39. The van der Waals surface area contributed by atoms with E-state index in [9.17, 15) is 0 Å². The van der Waals surface area contributed by atoms with Crippen molar-refractivity contribution >= 4 is 0 Å². The Morgan fingerprint density at radius 1 is 1.17 bits per heavy atom. The van der Waals surface area contributed by atoms with Crippen LogP contribution in [0.5, 0.6) is 5.75 Å². The highest BCUT2D eigenvalue weighted by Gasteiger charge is 1.97. The summed E-state index contributed by atoms with van der Waals surface area (Å²) in [6.07, 6.45) is 1.67. The molecule has 2 aromatic rings. The van der Waals surface area contributed by atoms with E-state index in [1.54, 1.807) is 6.26 Å². The van der Waals surface area contributed by atoms with Crippen molar-refractivity contribution in [1.29, 1.82) is 5.26 Å². The summed E-state index contributed by atoms with van der Waals surface area (Å²) in [5, 5.41) is 11.7. The van der Waals surface area contributed by atoms with Crippen molar-refractivity contribution in [3.8, 4) is 11.8 Å². The maximum atomic E-state index is 8.39. The molecule has 0 saturated heterocycles. The molecule has 0 bridgehead atoms. The van der Waals surface area contributed by atoms with Crippen LogP contribution in [-0.4, -0.2) is 6.61 Å². The van der Waals surface area contributed by atoms with Crippen LogP contribution in [0.2, 0.25) is 0 Å². The monoisotopic (exact) mass is 242 g/mol. The number of ether oxygens (including phenoxy) is 1. The smallest absolute Gasteiger partial charge is 0.174 e. The Labute approximate surface area is 106 Å². The van der Waals surface area contributed by atoms with Crippen molar-refractivity contribution in [2.45, 2.75) is 13.1 Å². The van der Waals surface area contributed by atoms with E-state index in [4.69, 9.17) is 14.4 Å². The Hall–Kier alpha value is -2.25. The normalized spacial score (nSPS) is 9.94. The highest BCUT2D eigenvalue weighted by Crippen LogP contribution is 2.12. The molecular formula is C14H14N2O2. The molecule has 4 nitrogen and oxygen atoms in total. The maximum absolute atomic E-state index is 8.39. The standard InChI is InChI=1S/C14H14N2O2/c15-7-9-18-13-5-3-12(4-6-13)10-16-11-14-2-1-8-17-14/h1-6,8,16H,9-11H2. The fourth-order valence-electron chi connectivity index (χ4n) is 1.56. The van der Waals surface area contributed by atoms with Crippen LogP contribution in [0.3, 0.4) is 0 Å². The molecule has 0 saturated carbocycles. The molecule has 1 heterocycles. The number of nitrogens with zero attached hydrogens (tertiary/aromatic N) is 1. The van der Waals surface area contributed by atoms with E-state index in [1.165, 1.54) is 0 Å². The van der Waals surface area contributed by atoms with Gasteiger partial charge in [-0.25, -0.2) is 0 Å². The van der Waals surface area contributed by atoms with E-state index in [1.807, 2.05) is 42.5 Å². The Morgan fingerprint density at radius 3 is 2.67 bits per heavy atom. The number of furan rings is 1. The summed E-state index contributed by atoms with van der Waals surface area (Å²) in [6.45, 7) is 1.55. The van der Waals surface area contributed by atoms with Gasteiger partial charge in [-0.3, -0.25) is 0 Å². The summed E-state index contributed by atoms with van der Waals surface area (Å²) in [5.74, 6) is 1.63. The highest BCUT2D eigenvalue weighted by atomic mass is 16.5. The van der Waals surface area contributed by atoms with Gasteiger partial charge in [0, 0.05) is 6.54 Å². The first-order valence-electron chi connectivity index (χ1n) is 5.70. The van der Waals surface area contributed by atoms with Crippen LogP contribution in [0, 0.1) is 11.3 Å². The van der Waals surface area contributed by atoms with Crippen LogP contribution < -0.4 is 10.1 Å². The molecule has 4 heteroatoms. The second-order valence-corrected chi connectivity index (χ2v) is 3.77. The van der Waals surface area contributed by atoms with Crippen LogP contribution in [0.4, 0.5) is 0 Å². The van der Waals surface area contributed by atoms with E-state index in [0.29, 0.717) is 12.3 Å². The minimum absolute atomic E-state index is 0.0795. The average molecular weight is 242 g/mol. The van der Waals surface area contributed by atoms with Gasteiger partial charge >= 0.3 is 0 Å². The second kappa shape index (κ2) is 6.48. The summed E-state index contributed by atoms with van der Waals surface area (Å²) < 4.78 is 10.4. The molecule has 0 amide bonds. The average Bonchev–Trinajstić information content (AvgIpc) is 2.91. The van der Waals surface area contributed by atoms with Gasteiger partial charge in [-0.15, -0.1) is 0 Å². The van der Waals surface area contributed by atoms with Gasteiger partial charge in [0.25, 0.3) is 0 Å². The number of hydrogen-bond acceptors (Lipinski definition) is 4. The lowest BCUT2D eigenvalue weighted by Gasteiger charge is -2.05. The molecule has 1 N–H and O–H groups in total. The Bertz CT molecular complexity index is 498. The van der Waals surface area contributed by atoms with Gasteiger partial charge in [-0.2, -0.15) is 5.26 Å². The highest BCUT2D eigenvalue weighted by molar-refractivity contribution is 5.27. The lowest BCUT2D eigenvalue weighted by atomic mass is 10.2. The number of rotatable bonds is 6. The Balaban J connectivity index is 1.78. The van der Waals surface area contributed by atoms with Crippen molar-refractivity contribution in [2.75, 3.05) is 6.61 Å². The zero-order valence-electron chi connectivity index (χ0n) is 9.93. The van der Waals surface area contributed by atoms with Crippen molar-refractivity contribution in [1.82, 2.24) is 5.32 Å². The van der Waals surface area contributed by atoms with Gasteiger partial charge in [0.2, 0.25) is 0 Å². The summed E-state index contributed by atoms with van der Waals surface area (Å²) in [5.41, 5.74) is 1.16. The van der Waals surface area contributed by atoms with Gasteiger partial charge < -0.3 is 14.5 Å². The third-order valence-corrected chi connectivity index (χ3v) is 2.44. The first-order chi connectivity index (χ1) is 8.88. The summed E-state index contributed by atoms with van der Waals surface area (Å²) >= 11 is 0. The largest absolute Gasteiger partial charge is 0.479 e. The number of nitrogens with one attached hydrogen (secondary N) is 1. The van der Waals surface area contributed by atoms with Crippen LogP contribution in [0.25, 0.3) is 0 Å². The van der Waals surface area contributed by atoms with Gasteiger partial charge in [0.05, 0.1) is 12.8 Å². The molecular weight excluding hydrogens is 228 g/mol. The first-order valence-corrected chi connectivity index (χ1v) is 5.70. The molecule has 18 heavy (non-hydrogen) atoms. The fraction of sp³-hybridized carbons (Fsp3) is 0.214. The molecule has 1 aromatic heterocycles. The topological polar surface area (TPSA) is 58.2 Å². The number of benzene rings is 1. The second-order valence-electron chi connectivity index (χ2n) is 3.77. The Morgan fingerprint density at radius 2 is 2.00 bits per heavy atom. The molecule has 0 fully saturated rings. The van der Waals surface area contributed by atoms with Gasteiger partial charge in [-0.1, -0.05) is 12.1 Å². The molecule has 0 radical (unpaired) electrons. The summed E-state index contributed by atoms with van der Waals surface area (Å²) in [6, 6.07) is 13.4. The molecule has 92 valence electrons. The minimum atomic E-state index is 0.0795. The van der Waals surface area contributed by atoms with E-state index >= 15 is 0 Å². The van der Waals surface area contributed by atoms with Gasteiger partial charge in [-0.05, 0) is 29.8 Å². The molecule has 2 rings (SSSR count). The van der Waals surface area contributed by atoms with Gasteiger partial charge in [0.1, 0.15) is 17.6 Å². The van der Waals surface area contributed by atoms with Crippen molar-refractivity contribution < 1.29 is 9.15 Å². The minimum Gasteiger partial charge on any atom is -0.479 e.